The minimum absolute atomic E-state index is 0.159. The maximum absolute atomic E-state index is 12.1. The van der Waals surface area contributed by atoms with Crippen molar-refractivity contribution in [1.29, 1.82) is 0 Å². The highest BCUT2D eigenvalue weighted by molar-refractivity contribution is 5.94. The summed E-state index contributed by atoms with van der Waals surface area (Å²) in [5.41, 5.74) is 2.14. The molecular weight excluding hydrogens is 318 g/mol. The maximum atomic E-state index is 12.1. The molecule has 132 valence electrons. The summed E-state index contributed by atoms with van der Waals surface area (Å²) in [6, 6.07) is 12.3. The fourth-order valence-electron chi connectivity index (χ4n) is 2.39. The van der Waals surface area contributed by atoms with E-state index in [9.17, 15) is 9.59 Å². The SMILES string of the molecule is CCOc1ccc(CCNC(=O)c2ccc(C=O)cc2)cc1OCC. The predicted molar refractivity (Wildman–Crippen MR) is 96.6 cm³/mol. The molecule has 0 fully saturated rings. The van der Waals surface area contributed by atoms with Crippen molar-refractivity contribution < 1.29 is 19.1 Å². The number of carbonyl (C=O) groups excluding carboxylic acids is 2. The average Bonchev–Trinajstić information content (AvgIpc) is 2.64. The van der Waals surface area contributed by atoms with Gasteiger partial charge in [-0.3, -0.25) is 9.59 Å². The Balaban J connectivity index is 1.92. The molecule has 0 unspecified atom stereocenters. The number of nitrogens with one attached hydrogen (secondary N) is 1. The van der Waals surface area contributed by atoms with E-state index >= 15 is 0 Å². The Morgan fingerprint density at radius 2 is 1.68 bits per heavy atom. The first-order valence-electron chi connectivity index (χ1n) is 8.39. The second-order valence-corrected chi connectivity index (χ2v) is 5.39. The van der Waals surface area contributed by atoms with Gasteiger partial charge in [0.2, 0.25) is 0 Å². The van der Waals surface area contributed by atoms with Crippen LogP contribution in [0.5, 0.6) is 11.5 Å². The van der Waals surface area contributed by atoms with Gasteiger partial charge < -0.3 is 14.8 Å². The zero-order valence-electron chi connectivity index (χ0n) is 14.6. The fourth-order valence-corrected chi connectivity index (χ4v) is 2.39. The van der Waals surface area contributed by atoms with E-state index in [-0.39, 0.29) is 5.91 Å². The van der Waals surface area contributed by atoms with Crippen LogP contribution in [0.25, 0.3) is 0 Å². The topological polar surface area (TPSA) is 64.6 Å². The third-order valence-electron chi connectivity index (χ3n) is 3.62. The van der Waals surface area contributed by atoms with Gasteiger partial charge in [-0.2, -0.15) is 0 Å². The summed E-state index contributed by atoms with van der Waals surface area (Å²) in [7, 11) is 0. The zero-order valence-corrected chi connectivity index (χ0v) is 14.6. The molecule has 2 aromatic rings. The largest absolute Gasteiger partial charge is 0.490 e. The van der Waals surface area contributed by atoms with Gasteiger partial charge in [-0.15, -0.1) is 0 Å². The molecule has 5 nitrogen and oxygen atoms in total. The minimum atomic E-state index is -0.159. The molecule has 25 heavy (non-hydrogen) atoms. The van der Waals surface area contributed by atoms with Crippen LogP contribution in [0.2, 0.25) is 0 Å². The van der Waals surface area contributed by atoms with Crippen LogP contribution in [0, 0.1) is 0 Å². The van der Waals surface area contributed by atoms with Crippen LogP contribution in [-0.2, 0) is 6.42 Å². The Kier molecular flexibility index (Phi) is 7.01. The molecule has 1 amide bonds. The number of ether oxygens (including phenoxy) is 2. The molecule has 0 aliphatic rings. The molecule has 0 saturated heterocycles. The maximum Gasteiger partial charge on any atom is 0.251 e. The van der Waals surface area contributed by atoms with E-state index in [1.807, 2.05) is 32.0 Å². The van der Waals surface area contributed by atoms with Crippen molar-refractivity contribution in [3.8, 4) is 11.5 Å². The summed E-state index contributed by atoms with van der Waals surface area (Å²) >= 11 is 0. The molecule has 0 saturated carbocycles. The highest BCUT2D eigenvalue weighted by atomic mass is 16.5. The standard InChI is InChI=1S/C20H23NO4/c1-3-24-18-10-7-15(13-19(18)25-4-2)11-12-21-20(23)17-8-5-16(14-22)6-9-17/h5-10,13-14H,3-4,11-12H2,1-2H3,(H,21,23). The van der Waals surface area contributed by atoms with Crippen LogP contribution in [-0.4, -0.2) is 32.0 Å². The van der Waals surface area contributed by atoms with Crippen molar-refractivity contribution in [3.63, 3.8) is 0 Å². The number of carbonyl (C=O) groups is 2. The van der Waals surface area contributed by atoms with Crippen molar-refractivity contribution in [2.75, 3.05) is 19.8 Å². The molecule has 0 heterocycles. The fraction of sp³-hybridized carbons (Fsp3) is 0.300. The number of hydrogen-bond acceptors (Lipinski definition) is 4. The van der Waals surface area contributed by atoms with E-state index in [1.165, 1.54) is 0 Å². The van der Waals surface area contributed by atoms with Gasteiger partial charge in [0.1, 0.15) is 6.29 Å². The van der Waals surface area contributed by atoms with E-state index in [4.69, 9.17) is 9.47 Å². The second kappa shape index (κ2) is 9.47. The van der Waals surface area contributed by atoms with Crippen LogP contribution in [0.3, 0.4) is 0 Å². The summed E-state index contributed by atoms with van der Waals surface area (Å²) < 4.78 is 11.2. The van der Waals surface area contributed by atoms with E-state index < -0.39 is 0 Å². The van der Waals surface area contributed by atoms with Crippen molar-refractivity contribution >= 4 is 12.2 Å². The van der Waals surface area contributed by atoms with Crippen molar-refractivity contribution in [3.05, 3.63) is 59.2 Å². The molecule has 2 aromatic carbocycles. The van der Waals surface area contributed by atoms with Gasteiger partial charge in [0.25, 0.3) is 5.91 Å². The molecule has 0 aromatic heterocycles. The van der Waals surface area contributed by atoms with Crippen LogP contribution in [0.4, 0.5) is 0 Å². The summed E-state index contributed by atoms with van der Waals surface area (Å²) in [6.45, 7) is 5.52. The van der Waals surface area contributed by atoms with Gasteiger partial charge in [0.15, 0.2) is 11.5 Å². The number of hydrogen-bond donors (Lipinski definition) is 1. The summed E-state index contributed by atoms with van der Waals surface area (Å²) in [6.07, 6.45) is 1.44. The van der Waals surface area contributed by atoms with Gasteiger partial charge in [-0.1, -0.05) is 18.2 Å². The lowest BCUT2D eigenvalue weighted by Crippen LogP contribution is -2.25. The third-order valence-corrected chi connectivity index (χ3v) is 3.62. The van der Waals surface area contributed by atoms with Crippen LogP contribution in [0.1, 0.15) is 40.1 Å². The molecule has 0 spiro atoms. The normalized spacial score (nSPS) is 10.2. The number of rotatable bonds is 9. The Morgan fingerprint density at radius 1 is 1.00 bits per heavy atom. The van der Waals surface area contributed by atoms with E-state index in [2.05, 4.69) is 5.32 Å². The molecule has 0 bridgehead atoms. The van der Waals surface area contributed by atoms with Crippen LogP contribution < -0.4 is 14.8 Å². The highest BCUT2D eigenvalue weighted by Gasteiger charge is 2.08. The highest BCUT2D eigenvalue weighted by Crippen LogP contribution is 2.28. The number of amides is 1. The zero-order chi connectivity index (χ0) is 18.1. The molecular formula is C20H23NO4. The second-order valence-electron chi connectivity index (χ2n) is 5.39. The van der Waals surface area contributed by atoms with Gasteiger partial charge in [-0.25, -0.2) is 0 Å². The Bertz CT molecular complexity index is 710. The molecule has 1 N–H and O–H groups in total. The van der Waals surface area contributed by atoms with Gasteiger partial charge in [0.05, 0.1) is 13.2 Å². The van der Waals surface area contributed by atoms with Crippen LogP contribution >= 0.6 is 0 Å². The first-order chi connectivity index (χ1) is 12.2. The van der Waals surface area contributed by atoms with Crippen molar-refractivity contribution in [2.45, 2.75) is 20.3 Å². The Morgan fingerprint density at radius 3 is 2.32 bits per heavy atom. The first-order valence-corrected chi connectivity index (χ1v) is 8.39. The molecule has 0 aliphatic carbocycles. The lowest BCUT2D eigenvalue weighted by molar-refractivity contribution is 0.0953. The summed E-state index contributed by atoms with van der Waals surface area (Å²) in [5, 5.41) is 2.88. The van der Waals surface area contributed by atoms with Crippen LogP contribution in [0.15, 0.2) is 42.5 Å². The molecule has 0 atom stereocenters. The monoisotopic (exact) mass is 341 g/mol. The van der Waals surface area contributed by atoms with Gasteiger partial charge >= 0.3 is 0 Å². The van der Waals surface area contributed by atoms with Crippen molar-refractivity contribution in [2.24, 2.45) is 0 Å². The van der Waals surface area contributed by atoms with Gasteiger partial charge in [0, 0.05) is 17.7 Å². The smallest absolute Gasteiger partial charge is 0.251 e. The summed E-state index contributed by atoms with van der Waals surface area (Å²) in [4.78, 5) is 22.7. The Labute approximate surface area is 148 Å². The first kappa shape index (κ1) is 18.5. The summed E-state index contributed by atoms with van der Waals surface area (Å²) in [5.74, 6) is 1.29. The Hall–Kier alpha value is -2.82. The van der Waals surface area contributed by atoms with E-state index in [0.717, 1.165) is 23.3 Å². The number of aldehydes is 1. The van der Waals surface area contributed by atoms with E-state index in [0.29, 0.717) is 37.3 Å². The molecule has 0 aliphatic heterocycles. The van der Waals surface area contributed by atoms with E-state index in [1.54, 1.807) is 24.3 Å². The average molecular weight is 341 g/mol. The quantitative estimate of drug-likeness (QED) is 0.711. The van der Waals surface area contributed by atoms with Crippen molar-refractivity contribution in [1.82, 2.24) is 5.32 Å². The molecule has 0 radical (unpaired) electrons. The third kappa shape index (κ3) is 5.35. The lowest BCUT2D eigenvalue weighted by Gasteiger charge is -2.12. The lowest BCUT2D eigenvalue weighted by atomic mass is 10.1. The molecule has 2 rings (SSSR count). The molecule has 5 heteroatoms. The number of benzene rings is 2. The minimum Gasteiger partial charge on any atom is -0.490 e. The van der Waals surface area contributed by atoms with Gasteiger partial charge in [-0.05, 0) is 50.1 Å². The predicted octanol–water partition coefficient (Wildman–Crippen LogP) is 3.27.